The summed E-state index contributed by atoms with van der Waals surface area (Å²) in [6.07, 6.45) is 1.05. The van der Waals surface area contributed by atoms with Gasteiger partial charge in [-0.25, -0.2) is 4.39 Å². The van der Waals surface area contributed by atoms with Crippen molar-refractivity contribution in [3.05, 3.63) is 46.3 Å². The van der Waals surface area contributed by atoms with E-state index in [9.17, 15) is 14.4 Å². The first kappa shape index (κ1) is 30.8. The Morgan fingerprint density at radius 3 is 2.36 bits per heavy atom. The number of carbonyl (C=O) groups is 3. The highest BCUT2D eigenvalue weighted by Crippen LogP contribution is 2.42. The second kappa shape index (κ2) is 12.4. The summed E-state index contributed by atoms with van der Waals surface area (Å²) < 4.78 is 31.9. The van der Waals surface area contributed by atoms with Crippen LogP contribution in [0.1, 0.15) is 73.5 Å². The zero-order valence-corrected chi connectivity index (χ0v) is 24.8. The molecule has 0 atom stereocenters. The van der Waals surface area contributed by atoms with Crippen molar-refractivity contribution in [1.29, 1.82) is 5.41 Å². The Balaban J connectivity index is 1.68. The third-order valence-corrected chi connectivity index (χ3v) is 7.58. The number of amidine groups is 1. The molecule has 2 heterocycles. The fourth-order valence-electron chi connectivity index (χ4n) is 5.34. The first-order valence-corrected chi connectivity index (χ1v) is 14.0. The van der Waals surface area contributed by atoms with Gasteiger partial charge >= 0.3 is 5.97 Å². The SMILES string of the molecule is COc1cc2c(c(F)c1OC)C(=N)N(CC(=O)c1cc(N3CCC(=O)CC3)c(OCCCC(=O)O)c(C(C)(C)C)c1)C2. The van der Waals surface area contributed by atoms with E-state index in [2.05, 4.69) is 0 Å². The number of halogens is 1. The maximum Gasteiger partial charge on any atom is 0.303 e. The van der Waals surface area contributed by atoms with Crippen molar-refractivity contribution in [2.24, 2.45) is 0 Å². The van der Waals surface area contributed by atoms with Crippen LogP contribution in [-0.4, -0.2) is 73.8 Å². The number of ether oxygens (including phenoxy) is 3. The molecule has 2 aromatic carbocycles. The summed E-state index contributed by atoms with van der Waals surface area (Å²) in [6.45, 7) is 7.14. The van der Waals surface area contributed by atoms with Crippen molar-refractivity contribution < 1.29 is 38.1 Å². The van der Waals surface area contributed by atoms with Gasteiger partial charge in [0.2, 0.25) is 0 Å². The molecule has 0 aromatic heterocycles. The first-order chi connectivity index (χ1) is 19.8. The van der Waals surface area contributed by atoms with Crippen molar-refractivity contribution in [2.45, 2.75) is 58.4 Å². The van der Waals surface area contributed by atoms with E-state index in [1.54, 1.807) is 18.2 Å². The number of ketones is 2. The van der Waals surface area contributed by atoms with Gasteiger partial charge in [0, 0.05) is 50.0 Å². The minimum atomic E-state index is -0.906. The Labute approximate surface area is 244 Å². The first-order valence-electron chi connectivity index (χ1n) is 14.0. The van der Waals surface area contributed by atoms with Crippen LogP contribution in [0.15, 0.2) is 18.2 Å². The molecular formula is C31H38FN3O7. The van der Waals surface area contributed by atoms with E-state index in [0.717, 1.165) is 5.56 Å². The van der Waals surface area contributed by atoms with Gasteiger partial charge in [0.1, 0.15) is 17.4 Å². The number of Topliss-reactive ketones (excluding diaryl/α,β-unsaturated/α-hetero) is 2. The van der Waals surface area contributed by atoms with Crippen LogP contribution in [0.3, 0.4) is 0 Å². The molecule has 2 aliphatic rings. The number of nitrogens with one attached hydrogen (secondary N) is 1. The lowest BCUT2D eigenvalue weighted by Gasteiger charge is -2.33. The lowest BCUT2D eigenvalue weighted by molar-refractivity contribution is -0.137. The zero-order valence-electron chi connectivity index (χ0n) is 24.8. The van der Waals surface area contributed by atoms with E-state index < -0.39 is 17.2 Å². The molecule has 4 rings (SSSR count). The maximum absolute atomic E-state index is 15.3. The van der Waals surface area contributed by atoms with E-state index in [4.69, 9.17) is 24.7 Å². The molecule has 0 saturated carbocycles. The highest BCUT2D eigenvalue weighted by molar-refractivity contribution is 6.06. The fraction of sp³-hybridized carbons (Fsp3) is 0.484. The Hall–Kier alpha value is -4.15. The number of hydrogen-bond acceptors (Lipinski definition) is 8. The number of benzene rings is 2. The molecule has 0 spiro atoms. The lowest BCUT2D eigenvalue weighted by atomic mass is 9.84. The molecule has 42 heavy (non-hydrogen) atoms. The minimum Gasteiger partial charge on any atom is -0.493 e. The molecule has 2 aliphatic heterocycles. The van der Waals surface area contributed by atoms with Gasteiger partial charge in [-0.1, -0.05) is 20.8 Å². The summed E-state index contributed by atoms with van der Waals surface area (Å²) in [5, 5.41) is 17.7. The lowest BCUT2D eigenvalue weighted by Crippen LogP contribution is -2.35. The second-order valence-electron chi connectivity index (χ2n) is 11.6. The van der Waals surface area contributed by atoms with Crippen LogP contribution in [0.2, 0.25) is 0 Å². The van der Waals surface area contributed by atoms with Gasteiger partial charge in [-0.3, -0.25) is 19.8 Å². The molecule has 2 aromatic rings. The highest BCUT2D eigenvalue weighted by atomic mass is 19.1. The molecule has 0 aliphatic carbocycles. The quantitative estimate of drug-likeness (QED) is 0.288. The molecule has 0 amide bonds. The highest BCUT2D eigenvalue weighted by Gasteiger charge is 2.34. The summed E-state index contributed by atoms with van der Waals surface area (Å²) in [5.41, 5.74) is 2.03. The predicted octanol–water partition coefficient (Wildman–Crippen LogP) is 4.58. The van der Waals surface area contributed by atoms with Crippen LogP contribution in [0.4, 0.5) is 10.1 Å². The van der Waals surface area contributed by atoms with Crippen molar-refractivity contribution >= 4 is 29.1 Å². The molecule has 0 radical (unpaired) electrons. The largest absolute Gasteiger partial charge is 0.493 e. The average Bonchev–Trinajstić information content (AvgIpc) is 3.25. The van der Waals surface area contributed by atoms with Gasteiger partial charge in [-0.2, -0.15) is 0 Å². The topological polar surface area (TPSA) is 129 Å². The fourth-order valence-corrected chi connectivity index (χ4v) is 5.34. The Morgan fingerprint density at radius 2 is 1.76 bits per heavy atom. The van der Waals surface area contributed by atoms with Crippen LogP contribution < -0.4 is 19.1 Å². The monoisotopic (exact) mass is 583 g/mol. The summed E-state index contributed by atoms with van der Waals surface area (Å²) in [6, 6.07) is 5.16. The molecule has 1 saturated heterocycles. The molecule has 11 heteroatoms. The van der Waals surface area contributed by atoms with Crippen molar-refractivity contribution in [2.75, 3.05) is 45.4 Å². The minimum absolute atomic E-state index is 0.0303. The van der Waals surface area contributed by atoms with Crippen LogP contribution in [0.5, 0.6) is 17.2 Å². The smallest absolute Gasteiger partial charge is 0.303 e. The Bertz CT molecular complexity index is 1410. The summed E-state index contributed by atoms with van der Waals surface area (Å²) in [7, 11) is 2.74. The predicted molar refractivity (Wildman–Crippen MR) is 155 cm³/mol. The second-order valence-corrected chi connectivity index (χ2v) is 11.6. The number of carboxylic acids is 1. The van der Waals surface area contributed by atoms with E-state index in [0.29, 0.717) is 54.9 Å². The van der Waals surface area contributed by atoms with Crippen LogP contribution in [0, 0.1) is 11.2 Å². The molecule has 10 nitrogen and oxygen atoms in total. The normalized spacial score (nSPS) is 15.1. The molecule has 1 fully saturated rings. The standard InChI is InChI=1S/C31H38FN3O7/c1-31(2,3)21-13-18(14-22(34-10-8-20(36)9-11-34)28(21)42-12-6-7-25(38)39)23(37)17-35-16-19-15-24(40-4)29(41-5)27(32)26(19)30(35)33/h13-15,33H,6-12,16-17H2,1-5H3,(H,38,39). The number of carboxylic acid groups (broad SMARTS) is 1. The van der Waals surface area contributed by atoms with Crippen molar-refractivity contribution in [3.8, 4) is 17.2 Å². The zero-order chi connectivity index (χ0) is 30.8. The number of nitrogens with zero attached hydrogens (tertiary/aromatic N) is 2. The van der Waals surface area contributed by atoms with Crippen LogP contribution in [0.25, 0.3) is 0 Å². The Morgan fingerprint density at radius 1 is 1.07 bits per heavy atom. The van der Waals surface area contributed by atoms with E-state index in [-0.39, 0.29) is 60.6 Å². The van der Waals surface area contributed by atoms with Gasteiger partial charge in [-0.05, 0) is 35.6 Å². The number of rotatable bonds is 11. The number of aliphatic carboxylic acids is 1. The van der Waals surface area contributed by atoms with E-state index >= 15 is 4.39 Å². The summed E-state index contributed by atoms with van der Waals surface area (Å²) >= 11 is 0. The van der Waals surface area contributed by atoms with Gasteiger partial charge in [-0.15, -0.1) is 0 Å². The number of carbonyl (C=O) groups excluding carboxylic acids is 2. The molecule has 0 bridgehead atoms. The number of methoxy groups -OCH3 is 2. The molecular weight excluding hydrogens is 545 g/mol. The van der Waals surface area contributed by atoms with Crippen LogP contribution in [-0.2, 0) is 21.5 Å². The van der Waals surface area contributed by atoms with Gasteiger partial charge < -0.3 is 29.1 Å². The van der Waals surface area contributed by atoms with Gasteiger partial charge in [0.25, 0.3) is 0 Å². The van der Waals surface area contributed by atoms with Crippen LogP contribution >= 0.6 is 0 Å². The summed E-state index contributed by atoms with van der Waals surface area (Å²) in [5.74, 6) is -1.11. The van der Waals surface area contributed by atoms with Gasteiger partial charge in [0.15, 0.2) is 23.1 Å². The number of piperidine rings is 1. The van der Waals surface area contributed by atoms with Crippen molar-refractivity contribution in [1.82, 2.24) is 4.90 Å². The van der Waals surface area contributed by atoms with E-state index in [1.807, 2.05) is 25.7 Å². The third-order valence-electron chi connectivity index (χ3n) is 7.58. The molecule has 226 valence electrons. The summed E-state index contributed by atoms with van der Waals surface area (Å²) in [4.78, 5) is 40.3. The molecule has 0 unspecified atom stereocenters. The molecule has 2 N–H and O–H groups in total. The van der Waals surface area contributed by atoms with Gasteiger partial charge in [0.05, 0.1) is 38.6 Å². The third kappa shape index (κ3) is 6.34. The number of hydrogen-bond donors (Lipinski definition) is 2. The number of anilines is 1. The number of fused-ring (bicyclic) bond motifs is 1. The van der Waals surface area contributed by atoms with E-state index in [1.165, 1.54) is 19.1 Å². The Kier molecular flexibility index (Phi) is 9.08. The maximum atomic E-state index is 15.3. The van der Waals surface area contributed by atoms with Crippen molar-refractivity contribution in [3.63, 3.8) is 0 Å². The average molecular weight is 584 g/mol.